The van der Waals surface area contributed by atoms with Gasteiger partial charge in [0.25, 0.3) is 0 Å². The normalized spacial score (nSPS) is 47.6. The van der Waals surface area contributed by atoms with E-state index in [0.717, 1.165) is 12.8 Å². The molecule has 1 spiro atoms. The Bertz CT molecular complexity index is 248. The number of halogens is 2. The number of alkyl halides is 2. The van der Waals surface area contributed by atoms with Gasteiger partial charge in [-0.3, -0.25) is 0 Å². The molecule has 4 heteroatoms. The molecule has 0 aromatic carbocycles. The van der Waals surface area contributed by atoms with Crippen LogP contribution in [0.4, 0.5) is 0 Å². The van der Waals surface area contributed by atoms with Gasteiger partial charge in [0.1, 0.15) is 0 Å². The van der Waals surface area contributed by atoms with Crippen molar-refractivity contribution in [2.24, 2.45) is 0 Å². The van der Waals surface area contributed by atoms with Crippen LogP contribution in [0.25, 0.3) is 0 Å². The van der Waals surface area contributed by atoms with Crippen molar-refractivity contribution in [1.29, 1.82) is 0 Å². The molecule has 15 heavy (non-hydrogen) atoms. The van der Waals surface area contributed by atoms with Gasteiger partial charge in [-0.25, -0.2) is 0 Å². The van der Waals surface area contributed by atoms with Crippen LogP contribution in [-0.2, 0) is 9.47 Å². The highest BCUT2D eigenvalue weighted by molar-refractivity contribution is 9.10. The third-order valence-corrected chi connectivity index (χ3v) is 5.01. The molecule has 2 saturated heterocycles. The van der Waals surface area contributed by atoms with Crippen molar-refractivity contribution in [2.75, 3.05) is 0 Å². The summed E-state index contributed by atoms with van der Waals surface area (Å²) in [4.78, 5) is 0.511. The van der Waals surface area contributed by atoms with Crippen molar-refractivity contribution < 1.29 is 9.47 Å². The van der Waals surface area contributed by atoms with Crippen molar-refractivity contribution in [2.45, 2.75) is 67.2 Å². The van der Waals surface area contributed by atoms with Crippen molar-refractivity contribution in [3.63, 3.8) is 0 Å². The zero-order chi connectivity index (χ0) is 11.5. The van der Waals surface area contributed by atoms with E-state index in [2.05, 4.69) is 59.6 Å². The summed E-state index contributed by atoms with van der Waals surface area (Å²) in [6.45, 7) is 8.46. The van der Waals surface area contributed by atoms with Crippen LogP contribution in [0.2, 0.25) is 0 Å². The molecule has 0 aliphatic carbocycles. The maximum atomic E-state index is 6.14. The van der Waals surface area contributed by atoms with Crippen molar-refractivity contribution in [3.05, 3.63) is 0 Å². The first-order valence-corrected chi connectivity index (χ1v) is 7.19. The highest BCUT2D eigenvalue weighted by atomic mass is 79.9. The Morgan fingerprint density at radius 2 is 1.20 bits per heavy atom. The predicted octanol–water partition coefficient (Wildman–Crippen LogP) is 3.61. The maximum absolute atomic E-state index is 6.14. The van der Waals surface area contributed by atoms with Crippen molar-refractivity contribution in [1.82, 2.24) is 0 Å². The second-order valence-corrected chi connectivity index (χ2v) is 8.00. The number of hydrogen-bond acceptors (Lipinski definition) is 2. The zero-order valence-electron chi connectivity index (χ0n) is 9.64. The molecule has 2 fully saturated rings. The van der Waals surface area contributed by atoms with Crippen LogP contribution in [0.5, 0.6) is 0 Å². The Labute approximate surface area is 108 Å². The summed E-state index contributed by atoms with van der Waals surface area (Å²) in [5.74, 6) is -0.493. The zero-order valence-corrected chi connectivity index (χ0v) is 12.8. The Hall–Kier alpha value is 0.880. The first-order chi connectivity index (χ1) is 6.67. The molecule has 0 aromatic heterocycles. The van der Waals surface area contributed by atoms with Gasteiger partial charge in [-0.15, -0.1) is 0 Å². The first kappa shape index (κ1) is 12.3. The van der Waals surface area contributed by atoms with E-state index >= 15 is 0 Å². The topological polar surface area (TPSA) is 18.5 Å². The molecule has 2 aliphatic rings. The fourth-order valence-corrected chi connectivity index (χ4v) is 5.49. The monoisotopic (exact) mass is 340 g/mol. The first-order valence-electron chi connectivity index (χ1n) is 5.35. The van der Waals surface area contributed by atoms with Crippen LogP contribution in [0.15, 0.2) is 0 Å². The minimum atomic E-state index is -0.493. The van der Waals surface area contributed by atoms with E-state index < -0.39 is 5.79 Å². The van der Waals surface area contributed by atoms with Crippen LogP contribution < -0.4 is 0 Å². The number of ether oxygens (including phenoxy) is 2. The van der Waals surface area contributed by atoms with Crippen LogP contribution >= 0.6 is 31.9 Å². The minimum Gasteiger partial charge on any atom is -0.342 e. The SMILES string of the molecule is CC1(C)C[C@@H](Br)C2(O1)OC(C)(C)C[C@@H]2Br. The van der Waals surface area contributed by atoms with E-state index in [4.69, 9.17) is 9.47 Å². The van der Waals surface area contributed by atoms with Crippen molar-refractivity contribution in [3.8, 4) is 0 Å². The van der Waals surface area contributed by atoms with Gasteiger partial charge >= 0.3 is 0 Å². The molecule has 0 bridgehead atoms. The van der Waals surface area contributed by atoms with Gasteiger partial charge in [-0.2, -0.15) is 0 Å². The van der Waals surface area contributed by atoms with Crippen molar-refractivity contribution >= 4 is 31.9 Å². The molecule has 0 N–H and O–H groups in total. The van der Waals surface area contributed by atoms with E-state index in [9.17, 15) is 0 Å². The minimum absolute atomic E-state index is 0.111. The molecule has 2 nitrogen and oxygen atoms in total. The average molecular weight is 342 g/mol. The molecule has 2 heterocycles. The third kappa shape index (κ3) is 2.03. The average Bonchev–Trinajstić information content (AvgIpc) is 2.31. The van der Waals surface area contributed by atoms with Gasteiger partial charge in [0.15, 0.2) is 5.79 Å². The molecule has 0 amide bonds. The highest BCUT2D eigenvalue weighted by Crippen LogP contribution is 2.54. The molecule has 0 aromatic rings. The third-order valence-electron chi connectivity index (χ3n) is 3.09. The molecule has 0 saturated carbocycles. The van der Waals surface area contributed by atoms with E-state index in [-0.39, 0.29) is 20.9 Å². The lowest BCUT2D eigenvalue weighted by Gasteiger charge is -2.33. The fourth-order valence-electron chi connectivity index (χ4n) is 2.57. The summed E-state index contributed by atoms with van der Waals surface area (Å²) >= 11 is 7.42. The molecule has 88 valence electrons. The standard InChI is InChI=1S/C11H18Br2O2/c1-9(2)5-7(12)11(14-9)8(13)6-10(3,4)15-11/h7-8H,5-6H2,1-4H3/t7-,8+,11?. The lowest BCUT2D eigenvalue weighted by molar-refractivity contribution is -0.245. The summed E-state index contributed by atoms with van der Waals surface area (Å²) < 4.78 is 12.3. The molecule has 0 radical (unpaired) electrons. The predicted molar refractivity (Wildman–Crippen MR) is 67.7 cm³/mol. The second kappa shape index (κ2) is 3.44. The summed E-state index contributed by atoms with van der Waals surface area (Å²) in [5, 5.41) is 0. The van der Waals surface area contributed by atoms with E-state index in [1.54, 1.807) is 0 Å². The van der Waals surface area contributed by atoms with Crippen LogP contribution in [0.1, 0.15) is 40.5 Å². The Balaban J connectivity index is 2.28. The summed E-state index contributed by atoms with van der Waals surface area (Å²) in [5.41, 5.74) is -0.221. The summed E-state index contributed by atoms with van der Waals surface area (Å²) in [6, 6.07) is 0. The number of rotatable bonds is 0. The fraction of sp³-hybridized carbons (Fsp3) is 1.00. The smallest absolute Gasteiger partial charge is 0.194 e. The Kier molecular flexibility index (Phi) is 2.83. The largest absolute Gasteiger partial charge is 0.342 e. The molecule has 1 unspecified atom stereocenters. The summed E-state index contributed by atoms with van der Waals surface area (Å²) in [6.07, 6.45) is 1.95. The Morgan fingerprint density at radius 1 is 0.867 bits per heavy atom. The molecule has 2 aliphatic heterocycles. The lowest BCUT2D eigenvalue weighted by atomic mass is 10.0. The summed E-state index contributed by atoms with van der Waals surface area (Å²) in [7, 11) is 0. The van der Waals surface area contributed by atoms with E-state index in [1.165, 1.54) is 0 Å². The van der Waals surface area contributed by atoms with Gasteiger partial charge in [0.05, 0.1) is 20.9 Å². The van der Waals surface area contributed by atoms with Crippen LogP contribution in [0, 0.1) is 0 Å². The molecular weight excluding hydrogens is 324 g/mol. The Morgan fingerprint density at radius 3 is 1.40 bits per heavy atom. The molecule has 2 rings (SSSR count). The highest BCUT2D eigenvalue weighted by Gasteiger charge is 2.62. The second-order valence-electron chi connectivity index (χ2n) is 5.79. The van der Waals surface area contributed by atoms with Crippen LogP contribution in [-0.4, -0.2) is 26.6 Å². The maximum Gasteiger partial charge on any atom is 0.194 e. The lowest BCUT2D eigenvalue weighted by Crippen LogP contribution is -2.44. The molecule has 3 atom stereocenters. The van der Waals surface area contributed by atoms with E-state index in [0.29, 0.717) is 0 Å². The van der Waals surface area contributed by atoms with Gasteiger partial charge in [0, 0.05) is 0 Å². The van der Waals surface area contributed by atoms with Gasteiger partial charge in [-0.05, 0) is 40.5 Å². The van der Waals surface area contributed by atoms with Crippen LogP contribution in [0.3, 0.4) is 0 Å². The van der Waals surface area contributed by atoms with Gasteiger partial charge in [0.2, 0.25) is 0 Å². The van der Waals surface area contributed by atoms with Gasteiger partial charge < -0.3 is 9.47 Å². The number of hydrogen-bond donors (Lipinski definition) is 0. The van der Waals surface area contributed by atoms with E-state index in [1.807, 2.05) is 0 Å². The quantitative estimate of drug-likeness (QED) is 0.627. The van der Waals surface area contributed by atoms with Gasteiger partial charge in [-0.1, -0.05) is 31.9 Å². The molecular formula is C11H18Br2O2.